The molecule has 6 heteroatoms. The maximum Gasteiger partial charge on any atom is 0.267 e. The lowest BCUT2D eigenvalue weighted by Crippen LogP contribution is -2.36. The van der Waals surface area contributed by atoms with Gasteiger partial charge in [0.15, 0.2) is 0 Å². The average molecular weight is 422 g/mol. The fourth-order valence-corrected chi connectivity index (χ4v) is 4.81. The number of aryl methyl sites for hydroxylation is 4. The van der Waals surface area contributed by atoms with Gasteiger partial charge in [-0.15, -0.1) is 11.3 Å². The van der Waals surface area contributed by atoms with E-state index in [4.69, 9.17) is 4.74 Å². The molecule has 1 fully saturated rings. The zero-order valence-corrected chi connectivity index (χ0v) is 18.7. The smallest absolute Gasteiger partial charge is 0.267 e. The number of nitrogens with one attached hydrogen (secondary N) is 1. The van der Waals surface area contributed by atoms with Gasteiger partial charge in [-0.1, -0.05) is 23.8 Å². The first-order valence-corrected chi connectivity index (χ1v) is 11.0. The van der Waals surface area contributed by atoms with E-state index in [2.05, 4.69) is 59.4 Å². The number of hydrogen-bond acceptors (Lipinski definition) is 5. The zero-order chi connectivity index (χ0) is 21.3. The van der Waals surface area contributed by atoms with Gasteiger partial charge in [0.25, 0.3) is 5.91 Å². The number of morpholine rings is 1. The molecular formula is C24H27N3O2S. The first-order valence-electron chi connectivity index (χ1n) is 10.2. The second-order valence-corrected chi connectivity index (χ2v) is 8.80. The molecule has 1 aromatic heterocycles. The van der Waals surface area contributed by atoms with E-state index in [0.29, 0.717) is 4.88 Å². The highest BCUT2D eigenvalue weighted by molar-refractivity contribution is 7.17. The number of ether oxygens (including phenoxy) is 1. The van der Waals surface area contributed by atoms with Gasteiger partial charge in [-0.2, -0.15) is 0 Å². The fourth-order valence-electron chi connectivity index (χ4n) is 3.76. The van der Waals surface area contributed by atoms with Gasteiger partial charge in [-0.25, -0.2) is 4.98 Å². The number of nitrogens with zero attached hydrogens (tertiary/aromatic N) is 2. The van der Waals surface area contributed by atoms with Gasteiger partial charge < -0.3 is 15.0 Å². The maximum absolute atomic E-state index is 13.0. The van der Waals surface area contributed by atoms with Crippen molar-refractivity contribution in [3.8, 4) is 10.6 Å². The molecule has 1 saturated heterocycles. The lowest BCUT2D eigenvalue weighted by molar-refractivity contribution is 0.102. The molecule has 0 spiro atoms. The van der Waals surface area contributed by atoms with Crippen molar-refractivity contribution in [2.45, 2.75) is 27.7 Å². The highest BCUT2D eigenvalue weighted by atomic mass is 32.1. The van der Waals surface area contributed by atoms with E-state index in [1.54, 1.807) is 0 Å². The summed E-state index contributed by atoms with van der Waals surface area (Å²) in [6, 6.07) is 12.5. The Balaban J connectivity index is 1.53. The highest BCUT2D eigenvalue weighted by Gasteiger charge is 2.19. The van der Waals surface area contributed by atoms with Gasteiger partial charge >= 0.3 is 0 Å². The van der Waals surface area contributed by atoms with Crippen molar-refractivity contribution < 1.29 is 9.53 Å². The molecular weight excluding hydrogens is 394 g/mol. The van der Waals surface area contributed by atoms with E-state index in [-0.39, 0.29) is 5.91 Å². The Morgan fingerprint density at radius 1 is 1.03 bits per heavy atom. The van der Waals surface area contributed by atoms with Crippen LogP contribution in [0.4, 0.5) is 11.4 Å². The summed E-state index contributed by atoms with van der Waals surface area (Å²) in [6.07, 6.45) is 0. The molecule has 1 N–H and O–H groups in total. The molecule has 3 aromatic rings. The Labute approximate surface area is 181 Å². The Morgan fingerprint density at radius 2 is 1.80 bits per heavy atom. The van der Waals surface area contributed by atoms with Gasteiger partial charge in [-0.3, -0.25) is 4.79 Å². The van der Waals surface area contributed by atoms with Crippen molar-refractivity contribution in [3.63, 3.8) is 0 Å². The summed E-state index contributed by atoms with van der Waals surface area (Å²) in [5.41, 5.74) is 7.28. The lowest BCUT2D eigenvalue weighted by Gasteiger charge is -2.29. The number of anilines is 2. The van der Waals surface area contributed by atoms with Gasteiger partial charge in [-0.05, 0) is 57.0 Å². The van der Waals surface area contributed by atoms with Crippen molar-refractivity contribution >= 4 is 28.6 Å². The quantitative estimate of drug-likeness (QED) is 0.634. The Hall–Kier alpha value is -2.70. The molecule has 5 nitrogen and oxygen atoms in total. The molecule has 2 aromatic carbocycles. The van der Waals surface area contributed by atoms with Crippen LogP contribution in [0.1, 0.15) is 32.1 Å². The van der Waals surface area contributed by atoms with Gasteiger partial charge in [0.05, 0.1) is 18.9 Å². The number of aromatic nitrogens is 1. The summed E-state index contributed by atoms with van der Waals surface area (Å²) < 4.78 is 5.43. The first-order chi connectivity index (χ1) is 14.4. The van der Waals surface area contributed by atoms with E-state index >= 15 is 0 Å². The highest BCUT2D eigenvalue weighted by Crippen LogP contribution is 2.32. The molecule has 0 saturated carbocycles. The lowest BCUT2D eigenvalue weighted by atomic mass is 10.1. The monoisotopic (exact) mass is 421 g/mol. The Bertz CT molecular complexity index is 1080. The SMILES string of the molecule is Cc1ccc(-c2nc(C)c(C(=O)Nc3ccc(N4CCOCC4)cc3C)s2)c(C)c1. The van der Waals surface area contributed by atoms with Crippen molar-refractivity contribution in [1.82, 2.24) is 4.98 Å². The molecule has 1 aliphatic rings. The Kier molecular flexibility index (Phi) is 5.88. The Morgan fingerprint density at radius 3 is 2.50 bits per heavy atom. The third-order valence-electron chi connectivity index (χ3n) is 5.45. The summed E-state index contributed by atoms with van der Waals surface area (Å²) in [5.74, 6) is -0.108. The van der Waals surface area contributed by atoms with Gasteiger partial charge in [0, 0.05) is 30.0 Å². The van der Waals surface area contributed by atoms with Crippen LogP contribution < -0.4 is 10.2 Å². The predicted molar refractivity (Wildman–Crippen MR) is 124 cm³/mol. The molecule has 2 heterocycles. The van der Waals surface area contributed by atoms with Crippen LogP contribution in [0.3, 0.4) is 0 Å². The summed E-state index contributed by atoms with van der Waals surface area (Å²) in [6.45, 7) is 11.4. The second kappa shape index (κ2) is 8.58. The molecule has 0 bridgehead atoms. The molecule has 0 atom stereocenters. The first kappa shape index (κ1) is 20.6. The normalized spacial score (nSPS) is 14.1. The summed E-state index contributed by atoms with van der Waals surface area (Å²) in [4.78, 5) is 20.6. The van der Waals surface area contributed by atoms with Crippen LogP contribution in [0, 0.1) is 27.7 Å². The van der Waals surface area contributed by atoms with Crippen LogP contribution in [0.2, 0.25) is 0 Å². The summed E-state index contributed by atoms with van der Waals surface area (Å²) in [5, 5.41) is 3.96. The molecule has 4 rings (SSSR count). The van der Waals surface area contributed by atoms with Crippen LogP contribution in [0.5, 0.6) is 0 Å². The number of carbonyl (C=O) groups is 1. The van der Waals surface area contributed by atoms with Crippen molar-refractivity contribution in [3.05, 3.63) is 63.7 Å². The van der Waals surface area contributed by atoms with Gasteiger partial charge in [0.1, 0.15) is 9.88 Å². The third kappa shape index (κ3) is 4.25. The summed E-state index contributed by atoms with van der Waals surface area (Å²) >= 11 is 1.45. The number of thiazole rings is 1. The van der Waals surface area contributed by atoms with Crippen molar-refractivity contribution in [1.29, 1.82) is 0 Å². The molecule has 0 radical (unpaired) electrons. The molecule has 0 unspecified atom stereocenters. The van der Waals surface area contributed by atoms with E-state index in [1.165, 1.54) is 28.2 Å². The van der Waals surface area contributed by atoms with Crippen LogP contribution in [-0.2, 0) is 4.74 Å². The number of rotatable bonds is 4. The number of carbonyl (C=O) groups excluding carboxylic acids is 1. The number of hydrogen-bond donors (Lipinski definition) is 1. The van der Waals surface area contributed by atoms with E-state index in [9.17, 15) is 4.79 Å². The van der Waals surface area contributed by atoms with Crippen molar-refractivity contribution in [2.24, 2.45) is 0 Å². The number of amides is 1. The fraction of sp³-hybridized carbons (Fsp3) is 0.333. The van der Waals surface area contributed by atoms with Crippen LogP contribution in [0.25, 0.3) is 10.6 Å². The maximum atomic E-state index is 13.0. The third-order valence-corrected chi connectivity index (χ3v) is 6.64. The number of benzene rings is 2. The molecule has 30 heavy (non-hydrogen) atoms. The van der Waals surface area contributed by atoms with E-state index in [1.807, 2.05) is 19.9 Å². The minimum atomic E-state index is -0.108. The zero-order valence-electron chi connectivity index (χ0n) is 17.9. The molecule has 1 amide bonds. The summed E-state index contributed by atoms with van der Waals surface area (Å²) in [7, 11) is 0. The van der Waals surface area contributed by atoms with Gasteiger partial charge in [0.2, 0.25) is 0 Å². The molecule has 0 aliphatic carbocycles. The van der Waals surface area contributed by atoms with E-state index < -0.39 is 0 Å². The van der Waals surface area contributed by atoms with Crippen LogP contribution in [-0.4, -0.2) is 37.2 Å². The standard InChI is InChI=1S/C24H27N3O2S/c1-15-5-7-20(16(2)13-15)24-25-18(4)22(30-24)23(28)26-21-8-6-19(14-17(21)3)27-9-11-29-12-10-27/h5-8,13-14H,9-12H2,1-4H3,(H,26,28). The minimum absolute atomic E-state index is 0.108. The average Bonchev–Trinajstić information content (AvgIpc) is 3.11. The van der Waals surface area contributed by atoms with E-state index in [0.717, 1.165) is 53.8 Å². The predicted octanol–water partition coefficient (Wildman–Crippen LogP) is 5.13. The van der Waals surface area contributed by atoms with Crippen LogP contribution in [0.15, 0.2) is 36.4 Å². The minimum Gasteiger partial charge on any atom is -0.378 e. The second-order valence-electron chi connectivity index (χ2n) is 7.80. The molecule has 1 aliphatic heterocycles. The largest absolute Gasteiger partial charge is 0.378 e. The molecule has 156 valence electrons. The van der Waals surface area contributed by atoms with Crippen molar-refractivity contribution in [2.75, 3.05) is 36.5 Å². The topological polar surface area (TPSA) is 54.5 Å². The van der Waals surface area contributed by atoms with Crippen LogP contribution >= 0.6 is 11.3 Å².